The molecule has 5 nitrogen and oxygen atoms in total. The van der Waals surface area contributed by atoms with Gasteiger partial charge in [-0.1, -0.05) is 66.7 Å². The van der Waals surface area contributed by atoms with Crippen LogP contribution < -0.4 is 5.32 Å². The van der Waals surface area contributed by atoms with E-state index < -0.39 is 0 Å². The Balaban J connectivity index is 1.39. The summed E-state index contributed by atoms with van der Waals surface area (Å²) >= 11 is 5.78. The predicted molar refractivity (Wildman–Crippen MR) is 132 cm³/mol. The molecule has 5 rings (SSSR count). The molecule has 0 amide bonds. The van der Waals surface area contributed by atoms with Crippen LogP contribution >= 0.6 is 12.2 Å². The van der Waals surface area contributed by atoms with Crippen LogP contribution in [0.2, 0.25) is 0 Å². The lowest BCUT2D eigenvalue weighted by Crippen LogP contribution is -2.37. The van der Waals surface area contributed by atoms with Crippen molar-refractivity contribution < 1.29 is 0 Å². The van der Waals surface area contributed by atoms with Crippen molar-refractivity contribution in [2.45, 2.75) is 18.9 Å². The summed E-state index contributed by atoms with van der Waals surface area (Å²) in [7, 11) is 0. The Morgan fingerprint density at radius 1 is 0.906 bits per heavy atom. The summed E-state index contributed by atoms with van der Waals surface area (Å²) in [5, 5.41) is 10.9. The molecule has 1 N–H and O–H groups in total. The van der Waals surface area contributed by atoms with E-state index in [-0.39, 0.29) is 6.04 Å². The Labute approximate surface area is 192 Å². The molecule has 4 aromatic rings. The van der Waals surface area contributed by atoms with E-state index in [1.54, 1.807) is 12.4 Å². The minimum Gasteiger partial charge on any atom is -0.361 e. The molecule has 0 fully saturated rings. The Bertz CT molecular complexity index is 1260. The lowest BCUT2D eigenvalue weighted by Gasteiger charge is -2.25. The average molecular weight is 438 g/mol. The summed E-state index contributed by atoms with van der Waals surface area (Å²) in [6, 6.07) is 26.9. The fourth-order valence-electron chi connectivity index (χ4n) is 3.99. The van der Waals surface area contributed by atoms with E-state index in [0.717, 1.165) is 47.3 Å². The molecule has 0 saturated heterocycles. The van der Waals surface area contributed by atoms with Crippen molar-refractivity contribution in [2.75, 3.05) is 6.54 Å². The van der Waals surface area contributed by atoms with Gasteiger partial charge in [-0.25, -0.2) is 5.01 Å². The van der Waals surface area contributed by atoms with Crippen LogP contribution in [0.25, 0.3) is 11.0 Å². The van der Waals surface area contributed by atoms with E-state index in [9.17, 15) is 0 Å². The van der Waals surface area contributed by atoms with Crippen LogP contribution in [0.15, 0.2) is 96.4 Å². The first-order valence-corrected chi connectivity index (χ1v) is 11.1. The van der Waals surface area contributed by atoms with E-state index in [1.165, 1.54) is 5.56 Å². The predicted octanol–water partition coefficient (Wildman–Crippen LogP) is 4.90. The second-order valence-electron chi connectivity index (χ2n) is 7.75. The van der Waals surface area contributed by atoms with Crippen molar-refractivity contribution in [2.24, 2.45) is 5.10 Å². The van der Waals surface area contributed by atoms with Gasteiger partial charge in [-0.2, -0.15) is 5.10 Å². The minimum atomic E-state index is 0.00772. The zero-order chi connectivity index (χ0) is 21.8. The standard InChI is InChI=1S/C26H23N5S/c32-26(29-14-13-19-7-3-1-4-8-19)31-25(18-23(30-31)20-9-5-2-6-10-20)21-11-12-22-24(17-21)28-16-15-27-22/h1-12,15-17,25H,13-14,18H2,(H,29,32)/t25-/m0/s1. The Kier molecular flexibility index (Phi) is 5.85. The van der Waals surface area contributed by atoms with Gasteiger partial charge in [0.05, 0.1) is 22.8 Å². The Morgan fingerprint density at radius 3 is 2.41 bits per heavy atom. The first kappa shape index (κ1) is 20.3. The van der Waals surface area contributed by atoms with Crippen molar-refractivity contribution >= 4 is 34.1 Å². The first-order valence-electron chi connectivity index (χ1n) is 10.7. The molecule has 1 atom stereocenters. The molecule has 158 valence electrons. The Morgan fingerprint density at radius 2 is 1.62 bits per heavy atom. The zero-order valence-corrected chi connectivity index (χ0v) is 18.4. The summed E-state index contributed by atoms with van der Waals surface area (Å²) in [5.41, 5.74) is 6.31. The highest BCUT2D eigenvalue weighted by molar-refractivity contribution is 7.80. The largest absolute Gasteiger partial charge is 0.361 e. The molecule has 1 aliphatic heterocycles. The van der Waals surface area contributed by atoms with Crippen molar-refractivity contribution in [1.29, 1.82) is 0 Å². The number of hydrogen-bond donors (Lipinski definition) is 1. The number of nitrogens with zero attached hydrogens (tertiary/aromatic N) is 4. The van der Waals surface area contributed by atoms with E-state index in [2.05, 4.69) is 63.8 Å². The molecular weight excluding hydrogens is 414 g/mol. The van der Waals surface area contributed by atoms with Gasteiger partial charge in [0.25, 0.3) is 0 Å². The lowest BCUT2D eigenvalue weighted by atomic mass is 9.98. The topological polar surface area (TPSA) is 53.4 Å². The van der Waals surface area contributed by atoms with Gasteiger partial charge < -0.3 is 5.32 Å². The summed E-state index contributed by atoms with van der Waals surface area (Å²) in [4.78, 5) is 8.87. The quantitative estimate of drug-likeness (QED) is 0.450. The molecule has 0 unspecified atom stereocenters. The first-order chi connectivity index (χ1) is 15.8. The molecule has 0 aliphatic carbocycles. The number of rotatable bonds is 5. The number of fused-ring (bicyclic) bond motifs is 1. The normalized spacial score (nSPS) is 15.6. The third kappa shape index (κ3) is 4.36. The highest BCUT2D eigenvalue weighted by Gasteiger charge is 2.31. The molecule has 1 aromatic heterocycles. The zero-order valence-electron chi connectivity index (χ0n) is 17.6. The van der Waals surface area contributed by atoms with Gasteiger partial charge in [0, 0.05) is 25.4 Å². The number of thiocarbonyl (C=S) groups is 1. The van der Waals surface area contributed by atoms with Gasteiger partial charge in [0.1, 0.15) is 0 Å². The van der Waals surface area contributed by atoms with Crippen molar-refractivity contribution in [3.8, 4) is 0 Å². The SMILES string of the molecule is S=C(NCCc1ccccc1)N1N=C(c2ccccc2)C[C@H]1c1ccc2nccnc2c1. The van der Waals surface area contributed by atoms with Crippen LogP contribution in [0.1, 0.15) is 29.2 Å². The molecule has 1 aliphatic rings. The third-order valence-corrected chi connectivity index (χ3v) is 5.97. The maximum absolute atomic E-state index is 5.78. The van der Waals surface area contributed by atoms with Crippen LogP contribution in [-0.2, 0) is 6.42 Å². The molecule has 0 bridgehead atoms. The van der Waals surface area contributed by atoms with Crippen molar-refractivity contribution in [1.82, 2.24) is 20.3 Å². The fourth-order valence-corrected chi connectivity index (χ4v) is 4.26. The van der Waals surface area contributed by atoms with Crippen LogP contribution in [0.4, 0.5) is 0 Å². The Hall–Kier alpha value is -3.64. The molecular formula is C26H23N5S. The number of nitrogens with one attached hydrogen (secondary N) is 1. The smallest absolute Gasteiger partial charge is 0.190 e. The van der Waals surface area contributed by atoms with Crippen LogP contribution in [0.5, 0.6) is 0 Å². The molecule has 0 saturated carbocycles. The number of hydrazone groups is 1. The van der Waals surface area contributed by atoms with Crippen LogP contribution in [0, 0.1) is 0 Å². The highest BCUT2D eigenvalue weighted by Crippen LogP contribution is 2.33. The molecule has 6 heteroatoms. The number of aromatic nitrogens is 2. The summed E-state index contributed by atoms with van der Waals surface area (Å²) < 4.78 is 0. The van der Waals surface area contributed by atoms with Crippen LogP contribution in [-0.4, -0.2) is 32.3 Å². The molecule has 32 heavy (non-hydrogen) atoms. The minimum absolute atomic E-state index is 0.00772. The molecule has 3 aromatic carbocycles. The van der Waals surface area contributed by atoms with Gasteiger partial charge in [-0.15, -0.1) is 0 Å². The van der Waals surface area contributed by atoms with Gasteiger partial charge in [0.15, 0.2) is 5.11 Å². The second kappa shape index (κ2) is 9.24. The van der Waals surface area contributed by atoms with E-state index >= 15 is 0 Å². The van der Waals surface area contributed by atoms with E-state index in [1.807, 2.05) is 35.3 Å². The average Bonchev–Trinajstić information content (AvgIpc) is 3.31. The maximum atomic E-state index is 5.78. The molecule has 0 spiro atoms. The monoisotopic (exact) mass is 437 g/mol. The van der Waals surface area contributed by atoms with E-state index in [4.69, 9.17) is 17.3 Å². The lowest BCUT2D eigenvalue weighted by molar-refractivity contribution is 0.364. The van der Waals surface area contributed by atoms with Crippen molar-refractivity contribution in [3.05, 3.63) is 108 Å². The molecule has 2 heterocycles. The third-order valence-electron chi connectivity index (χ3n) is 5.64. The summed E-state index contributed by atoms with van der Waals surface area (Å²) in [5.74, 6) is 0. The molecule has 0 radical (unpaired) electrons. The highest BCUT2D eigenvalue weighted by atomic mass is 32.1. The van der Waals surface area contributed by atoms with Gasteiger partial charge >= 0.3 is 0 Å². The summed E-state index contributed by atoms with van der Waals surface area (Å²) in [6.45, 7) is 0.755. The number of hydrogen-bond acceptors (Lipinski definition) is 4. The maximum Gasteiger partial charge on any atom is 0.190 e. The van der Waals surface area contributed by atoms with Crippen LogP contribution in [0.3, 0.4) is 0 Å². The second-order valence-corrected chi connectivity index (χ2v) is 8.14. The van der Waals surface area contributed by atoms with Gasteiger partial charge in [-0.05, 0) is 47.5 Å². The van der Waals surface area contributed by atoms with Gasteiger partial charge in [-0.3, -0.25) is 9.97 Å². The van der Waals surface area contributed by atoms with Crippen molar-refractivity contribution in [3.63, 3.8) is 0 Å². The van der Waals surface area contributed by atoms with Gasteiger partial charge in [0.2, 0.25) is 0 Å². The fraction of sp³-hybridized carbons (Fsp3) is 0.154. The van der Waals surface area contributed by atoms with E-state index in [0.29, 0.717) is 5.11 Å². The summed E-state index contributed by atoms with van der Waals surface area (Å²) in [6.07, 6.45) is 5.11. The number of benzene rings is 3.